The zero-order chi connectivity index (χ0) is 16.4. The molecule has 1 amide bonds. The third kappa shape index (κ3) is 3.37. The van der Waals surface area contributed by atoms with Crippen molar-refractivity contribution in [2.45, 2.75) is 38.1 Å². The Hall–Kier alpha value is -1.94. The van der Waals surface area contributed by atoms with Gasteiger partial charge < -0.3 is 15.1 Å². The first-order chi connectivity index (χ1) is 11.1. The van der Waals surface area contributed by atoms with Gasteiger partial charge in [-0.05, 0) is 43.2 Å². The van der Waals surface area contributed by atoms with Crippen LogP contribution in [0.1, 0.15) is 42.7 Å². The van der Waals surface area contributed by atoms with Gasteiger partial charge >= 0.3 is 0 Å². The molecular formula is C18H21ClN2O2. The predicted octanol–water partition coefficient (Wildman–Crippen LogP) is 4.59. The summed E-state index contributed by atoms with van der Waals surface area (Å²) in [5.74, 6) is 0.917. The van der Waals surface area contributed by atoms with Crippen LogP contribution in [0.5, 0.6) is 0 Å². The summed E-state index contributed by atoms with van der Waals surface area (Å²) in [5, 5.41) is 0.508. The molecule has 122 valence electrons. The summed E-state index contributed by atoms with van der Waals surface area (Å²) in [6.45, 7) is 0. The molecule has 0 bridgehead atoms. The van der Waals surface area contributed by atoms with Crippen molar-refractivity contribution in [2.24, 2.45) is 0 Å². The maximum atomic E-state index is 12.6. The third-order valence-corrected chi connectivity index (χ3v) is 4.88. The minimum atomic E-state index is -0.0647. The van der Waals surface area contributed by atoms with Crippen LogP contribution in [0.15, 0.2) is 34.7 Å². The second-order valence-electron chi connectivity index (χ2n) is 6.11. The largest absolute Gasteiger partial charge is 0.451 e. The van der Waals surface area contributed by atoms with Crippen LogP contribution in [0.25, 0.3) is 11.3 Å². The molecule has 1 aromatic heterocycles. The van der Waals surface area contributed by atoms with E-state index in [1.807, 2.05) is 18.0 Å². The molecule has 1 fully saturated rings. The lowest BCUT2D eigenvalue weighted by Gasteiger charge is -2.30. The number of nitrogens with two attached hydrogens (primary N) is 1. The van der Waals surface area contributed by atoms with Gasteiger partial charge in [0, 0.05) is 18.7 Å². The van der Waals surface area contributed by atoms with Gasteiger partial charge in [-0.15, -0.1) is 0 Å². The number of carbonyl (C=O) groups excluding carboxylic acids is 1. The Bertz CT molecular complexity index is 705. The lowest BCUT2D eigenvalue weighted by atomic mass is 9.94. The average molecular weight is 333 g/mol. The lowest BCUT2D eigenvalue weighted by molar-refractivity contribution is 0.0665. The van der Waals surface area contributed by atoms with Crippen molar-refractivity contribution in [1.29, 1.82) is 0 Å². The van der Waals surface area contributed by atoms with E-state index in [-0.39, 0.29) is 5.91 Å². The minimum Gasteiger partial charge on any atom is -0.451 e. The number of halogens is 1. The van der Waals surface area contributed by atoms with Gasteiger partial charge in [-0.3, -0.25) is 4.79 Å². The number of nitrogens with zero attached hydrogens (tertiary/aromatic N) is 1. The predicted molar refractivity (Wildman–Crippen MR) is 92.5 cm³/mol. The number of amides is 1. The van der Waals surface area contributed by atoms with Crippen molar-refractivity contribution in [1.82, 2.24) is 4.90 Å². The molecule has 2 aromatic rings. The first kappa shape index (κ1) is 15.9. The Morgan fingerprint density at radius 2 is 1.96 bits per heavy atom. The molecule has 4 nitrogen and oxygen atoms in total. The van der Waals surface area contributed by atoms with Crippen LogP contribution in [-0.4, -0.2) is 23.9 Å². The number of benzene rings is 1. The summed E-state index contributed by atoms with van der Waals surface area (Å²) in [7, 11) is 1.86. The molecule has 0 unspecified atom stereocenters. The third-order valence-electron chi connectivity index (χ3n) is 4.54. The Labute approximate surface area is 141 Å². The summed E-state index contributed by atoms with van der Waals surface area (Å²) in [6, 6.07) is 9.14. The standard InChI is InChI=1S/C18H21ClN2O2/c1-21(13-5-3-2-4-6-13)18(22)17-10-9-16(23-17)12-7-8-14(19)15(20)11-12/h7-11,13H,2-6,20H2,1H3. The highest BCUT2D eigenvalue weighted by atomic mass is 35.5. The average Bonchev–Trinajstić information content (AvgIpc) is 3.07. The van der Waals surface area contributed by atoms with Crippen molar-refractivity contribution in [2.75, 3.05) is 12.8 Å². The van der Waals surface area contributed by atoms with E-state index < -0.39 is 0 Å². The normalized spacial score (nSPS) is 15.6. The fraction of sp³-hybridized carbons (Fsp3) is 0.389. The van der Waals surface area contributed by atoms with Crippen LogP contribution >= 0.6 is 11.6 Å². The van der Waals surface area contributed by atoms with Gasteiger partial charge in [0.15, 0.2) is 5.76 Å². The summed E-state index contributed by atoms with van der Waals surface area (Å²) in [6.07, 6.45) is 5.79. The summed E-state index contributed by atoms with van der Waals surface area (Å²) < 4.78 is 5.75. The highest BCUT2D eigenvalue weighted by Crippen LogP contribution is 2.29. The van der Waals surface area contributed by atoms with Gasteiger partial charge in [0.25, 0.3) is 5.91 Å². The zero-order valence-electron chi connectivity index (χ0n) is 13.2. The molecule has 0 aliphatic heterocycles. The smallest absolute Gasteiger partial charge is 0.289 e. The Balaban J connectivity index is 1.77. The maximum Gasteiger partial charge on any atom is 0.289 e. The number of anilines is 1. The van der Waals surface area contributed by atoms with E-state index >= 15 is 0 Å². The first-order valence-corrected chi connectivity index (χ1v) is 8.36. The quantitative estimate of drug-likeness (QED) is 0.836. The fourth-order valence-corrected chi connectivity index (χ4v) is 3.23. The maximum absolute atomic E-state index is 12.6. The topological polar surface area (TPSA) is 59.5 Å². The molecule has 0 spiro atoms. The molecule has 1 heterocycles. The van der Waals surface area contributed by atoms with Crippen molar-refractivity contribution in [3.05, 3.63) is 41.1 Å². The Morgan fingerprint density at radius 3 is 2.65 bits per heavy atom. The Morgan fingerprint density at radius 1 is 1.22 bits per heavy atom. The van der Waals surface area contributed by atoms with Crippen LogP contribution in [-0.2, 0) is 0 Å². The van der Waals surface area contributed by atoms with E-state index in [0.29, 0.717) is 28.3 Å². The molecule has 0 radical (unpaired) electrons. The molecule has 1 aliphatic rings. The van der Waals surface area contributed by atoms with E-state index in [2.05, 4.69) is 0 Å². The van der Waals surface area contributed by atoms with Crippen molar-refractivity contribution >= 4 is 23.2 Å². The molecule has 5 heteroatoms. The van der Waals surface area contributed by atoms with Gasteiger partial charge in [-0.2, -0.15) is 0 Å². The first-order valence-electron chi connectivity index (χ1n) is 7.98. The number of nitrogen functional groups attached to an aromatic ring is 1. The van der Waals surface area contributed by atoms with E-state index in [4.69, 9.17) is 21.8 Å². The van der Waals surface area contributed by atoms with Crippen molar-refractivity contribution < 1.29 is 9.21 Å². The summed E-state index contributed by atoms with van der Waals surface area (Å²) in [4.78, 5) is 14.4. The van der Waals surface area contributed by atoms with Crippen molar-refractivity contribution in [3.63, 3.8) is 0 Å². The van der Waals surface area contributed by atoms with E-state index in [0.717, 1.165) is 18.4 Å². The van der Waals surface area contributed by atoms with Crippen LogP contribution < -0.4 is 5.73 Å². The molecule has 23 heavy (non-hydrogen) atoms. The highest BCUT2D eigenvalue weighted by molar-refractivity contribution is 6.33. The van der Waals surface area contributed by atoms with E-state index in [1.54, 1.807) is 24.3 Å². The number of hydrogen-bond donors (Lipinski definition) is 1. The molecule has 0 atom stereocenters. The van der Waals surface area contributed by atoms with Gasteiger partial charge in [0.2, 0.25) is 0 Å². The fourth-order valence-electron chi connectivity index (χ4n) is 3.11. The van der Waals surface area contributed by atoms with Gasteiger partial charge in [0.05, 0.1) is 10.7 Å². The molecule has 1 saturated carbocycles. The van der Waals surface area contributed by atoms with Gasteiger partial charge in [-0.1, -0.05) is 30.9 Å². The van der Waals surface area contributed by atoms with Crippen LogP contribution in [0.3, 0.4) is 0 Å². The lowest BCUT2D eigenvalue weighted by Crippen LogP contribution is -2.38. The van der Waals surface area contributed by atoms with Gasteiger partial charge in [0.1, 0.15) is 5.76 Å². The van der Waals surface area contributed by atoms with Gasteiger partial charge in [-0.25, -0.2) is 0 Å². The highest BCUT2D eigenvalue weighted by Gasteiger charge is 2.25. The molecular weight excluding hydrogens is 312 g/mol. The minimum absolute atomic E-state index is 0.0647. The molecule has 3 rings (SSSR count). The van der Waals surface area contributed by atoms with Crippen LogP contribution in [0, 0.1) is 0 Å². The van der Waals surface area contributed by atoms with Crippen LogP contribution in [0.2, 0.25) is 5.02 Å². The molecule has 0 saturated heterocycles. The number of hydrogen-bond acceptors (Lipinski definition) is 3. The molecule has 1 aromatic carbocycles. The van der Waals surface area contributed by atoms with E-state index in [9.17, 15) is 4.79 Å². The summed E-state index contributed by atoms with van der Waals surface area (Å²) >= 11 is 5.93. The zero-order valence-corrected chi connectivity index (χ0v) is 14.0. The summed E-state index contributed by atoms with van der Waals surface area (Å²) in [5.41, 5.74) is 7.13. The number of carbonyl (C=O) groups is 1. The van der Waals surface area contributed by atoms with Crippen LogP contribution in [0.4, 0.5) is 5.69 Å². The number of rotatable bonds is 3. The second kappa shape index (κ2) is 6.67. The van der Waals surface area contributed by atoms with Crippen molar-refractivity contribution in [3.8, 4) is 11.3 Å². The molecule has 2 N–H and O–H groups in total. The van der Waals surface area contributed by atoms with E-state index in [1.165, 1.54) is 19.3 Å². The monoisotopic (exact) mass is 332 g/mol. The molecule has 1 aliphatic carbocycles. The number of furan rings is 1. The Kier molecular flexibility index (Phi) is 4.62. The SMILES string of the molecule is CN(C(=O)c1ccc(-c2ccc(Cl)c(N)c2)o1)C1CCCCC1. The second-order valence-corrected chi connectivity index (χ2v) is 6.52.